The molecule has 0 heterocycles. The molecule has 2 unspecified atom stereocenters. The molecule has 89 heavy (non-hydrogen) atoms. The Morgan fingerprint density at radius 3 is 0.865 bits per heavy atom. The van der Waals surface area contributed by atoms with Crippen molar-refractivity contribution < 1.29 is 37.6 Å². The van der Waals surface area contributed by atoms with Crippen molar-refractivity contribution in [3.63, 3.8) is 0 Å². The summed E-state index contributed by atoms with van der Waals surface area (Å²) in [4.78, 5) is 35.4. The fourth-order valence-electron chi connectivity index (χ4n) is 9.42. The first kappa shape index (κ1) is 84.4. The summed E-state index contributed by atoms with van der Waals surface area (Å²) >= 11 is 0. The highest BCUT2D eigenvalue weighted by atomic mass is 31.2. The second-order valence-corrected chi connectivity index (χ2v) is 24.4. The van der Waals surface area contributed by atoms with Crippen LogP contribution in [0.15, 0.2) is 170 Å². The van der Waals surface area contributed by atoms with Gasteiger partial charge < -0.3 is 20.1 Å². The average molecular weight is 1250 g/mol. The maximum atomic E-state index is 12.8. The van der Waals surface area contributed by atoms with E-state index in [1.54, 1.807) is 0 Å². The number of unbranched alkanes of at least 4 members (excludes halogenated alkanes) is 24. The largest absolute Gasteiger partial charge is 0.472 e. The molecule has 0 aliphatic carbocycles. The average Bonchev–Trinajstić information content (AvgIpc) is 3.66. The summed E-state index contributed by atoms with van der Waals surface area (Å²) in [5.74, 6) is -0.844. The summed E-state index contributed by atoms with van der Waals surface area (Å²) in [7, 11) is -4.41. The van der Waals surface area contributed by atoms with E-state index in [0.717, 1.165) is 141 Å². The maximum absolute atomic E-state index is 12.8. The predicted molar refractivity (Wildman–Crippen MR) is 385 cm³/mol. The third-order valence-corrected chi connectivity index (χ3v) is 15.6. The lowest BCUT2D eigenvalue weighted by atomic mass is 10.0. The molecule has 504 valence electrons. The molecular formula is C79H130NO8P. The molecular weight excluding hydrogens is 1120 g/mol. The van der Waals surface area contributed by atoms with Crippen LogP contribution in [-0.4, -0.2) is 49.3 Å². The van der Waals surface area contributed by atoms with E-state index in [4.69, 9.17) is 24.3 Å². The minimum atomic E-state index is -4.41. The van der Waals surface area contributed by atoms with Crippen molar-refractivity contribution in [2.45, 2.75) is 290 Å². The minimum Gasteiger partial charge on any atom is -0.462 e. The molecule has 0 rings (SSSR count). The highest BCUT2D eigenvalue weighted by Gasteiger charge is 2.26. The highest BCUT2D eigenvalue weighted by molar-refractivity contribution is 7.47. The van der Waals surface area contributed by atoms with Gasteiger partial charge in [-0.3, -0.25) is 18.6 Å². The minimum absolute atomic E-state index is 0.0440. The number of ether oxygens (including phenoxy) is 2. The highest BCUT2D eigenvalue weighted by Crippen LogP contribution is 2.43. The fraction of sp³-hybridized carbons (Fsp3) is 0.620. The summed E-state index contributed by atoms with van der Waals surface area (Å²) in [6.45, 7) is 3.51. The van der Waals surface area contributed by atoms with Gasteiger partial charge in [0.2, 0.25) is 0 Å². The van der Waals surface area contributed by atoms with Crippen LogP contribution in [0.2, 0.25) is 0 Å². The van der Waals surface area contributed by atoms with Gasteiger partial charge in [-0.2, -0.15) is 0 Å². The van der Waals surface area contributed by atoms with Crippen LogP contribution in [0.4, 0.5) is 0 Å². The zero-order chi connectivity index (χ0) is 64.4. The first-order valence-electron chi connectivity index (χ1n) is 35.6. The van der Waals surface area contributed by atoms with E-state index < -0.39 is 26.5 Å². The molecule has 0 fully saturated rings. The first-order valence-corrected chi connectivity index (χ1v) is 37.1. The molecule has 3 N–H and O–H groups in total. The van der Waals surface area contributed by atoms with E-state index in [1.165, 1.54) is 109 Å². The third-order valence-electron chi connectivity index (χ3n) is 14.6. The number of hydrogen-bond acceptors (Lipinski definition) is 8. The SMILES string of the molecule is CC/C=C\C/C=C\C/C=C\C/C=C\C/C=C\C/C=C\C/C=C\C/C=C\C/C=C\CCCCCCCCCC(=O)OC(COC(=O)CCCCCCCCCCCCCCCCCCC/C=C\C/C=C\C/C=C\C/C=C\C/C=C\CC)COP(=O)(O)OCCN. The van der Waals surface area contributed by atoms with E-state index in [1.807, 2.05) is 0 Å². The molecule has 0 aromatic rings. The molecule has 0 spiro atoms. The molecule has 0 aromatic carbocycles. The number of phosphoric acid groups is 1. The van der Waals surface area contributed by atoms with Crippen molar-refractivity contribution in [3.8, 4) is 0 Å². The van der Waals surface area contributed by atoms with Gasteiger partial charge in [0.05, 0.1) is 13.2 Å². The summed E-state index contributed by atoms with van der Waals surface area (Å²) in [5.41, 5.74) is 5.40. The van der Waals surface area contributed by atoms with Crippen molar-refractivity contribution >= 4 is 19.8 Å². The zero-order valence-corrected chi connectivity index (χ0v) is 57.5. The van der Waals surface area contributed by atoms with Crippen molar-refractivity contribution in [3.05, 3.63) is 170 Å². The van der Waals surface area contributed by atoms with Crippen LogP contribution < -0.4 is 5.73 Å². The molecule has 9 nitrogen and oxygen atoms in total. The van der Waals surface area contributed by atoms with Crippen molar-refractivity contribution in [2.75, 3.05) is 26.4 Å². The molecule has 0 aromatic heterocycles. The van der Waals surface area contributed by atoms with E-state index in [0.29, 0.717) is 6.42 Å². The van der Waals surface area contributed by atoms with Gasteiger partial charge >= 0.3 is 19.8 Å². The van der Waals surface area contributed by atoms with Crippen molar-refractivity contribution in [2.24, 2.45) is 5.73 Å². The van der Waals surface area contributed by atoms with Gasteiger partial charge in [-0.15, -0.1) is 0 Å². The van der Waals surface area contributed by atoms with Crippen LogP contribution in [0.5, 0.6) is 0 Å². The standard InChI is InChI=1S/C79H130NO8P/c1-3-5-7-9-11-13-15-17-19-21-23-25-27-29-31-33-35-37-38-40-42-44-46-48-50-52-54-56-58-60-62-64-66-68-70-72-79(82)88-77(76-87-89(83,84)86-74-73-80)75-85-78(81)71-69-67-65-63-61-59-57-55-53-51-49-47-45-43-41-39-36-34-32-30-28-26-24-22-20-18-16-14-12-10-8-6-4-2/h5-8,11-14,17-20,23-26,29-32,35,37,40,42,46,48,52,54,77H,3-4,9-10,15-16,21-22,27-28,33-34,36,38-39,41,43-45,47,49-51,53,55-76,80H2,1-2H3,(H,83,84)/b7-5-,8-6-,13-11-,14-12-,19-17-,20-18-,25-23-,26-24-,31-29-,32-30-,37-35-,42-40-,48-46-,54-52-. The Balaban J connectivity index is 3.96. The summed E-state index contributed by atoms with van der Waals surface area (Å²) in [6.07, 6.45) is 107. The second kappa shape index (κ2) is 72.4. The monoisotopic (exact) mass is 1250 g/mol. The van der Waals surface area contributed by atoms with Gasteiger partial charge in [0.1, 0.15) is 6.61 Å². The Kier molecular flexibility index (Phi) is 68.7. The zero-order valence-electron chi connectivity index (χ0n) is 56.6. The Bertz CT molecular complexity index is 2070. The van der Waals surface area contributed by atoms with Gasteiger partial charge in [-0.1, -0.05) is 312 Å². The molecule has 0 amide bonds. The maximum Gasteiger partial charge on any atom is 0.472 e. The van der Waals surface area contributed by atoms with E-state index in [9.17, 15) is 19.0 Å². The summed E-state index contributed by atoms with van der Waals surface area (Å²) in [6, 6.07) is 0. The number of hydrogen-bond donors (Lipinski definition) is 2. The number of carbonyl (C=O) groups is 2. The van der Waals surface area contributed by atoms with Gasteiger partial charge in [-0.25, -0.2) is 4.57 Å². The van der Waals surface area contributed by atoms with Gasteiger partial charge in [0.15, 0.2) is 6.10 Å². The summed E-state index contributed by atoms with van der Waals surface area (Å²) < 4.78 is 33.2. The number of carbonyl (C=O) groups excluding carboxylic acids is 2. The molecule has 0 saturated heterocycles. The first-order chi connectivity index (χ1) is 43.8. The number of esters is 2. The van der Waals surface area contributed by atoms with E-state index in [-0.39, 0.29) is 38.6 Å². The lowest BCUT2D eigenvalue weighted by Crippen LogP contribution is -2.29. The lowest BCUT2D eigenvalue weighted by molar-refractivity contribution is -0.161. The van der Waals surface area contributed by atoms with Gasteiger partial charge in [0.25, 0.3) is 0 Å². The Labute approximate surface area is 546 Å². The Morgan fingerprint density at radius 1 is 0.337 bits per heavy atom. The molecule has 2 atom stereocenters. The molecule has 0 saturated carbocycles. The molecule has 0 aliphatic heterocycles. The number of allylic oxidation sites excluding steroid dienone is 28. The smallest absolute Gasteiger partial charge is 0.462 e. The van der Waals surface area contributed by atoms with Crippen molar-refractivity contribution in [1.29, 1.82) is 0 Å². The van der Waals surface area contributed by atoms with Crippen LogP contribution in [0.25, 0.3) is 0 Å². The molecule has 0 bridgehead atoms. The third kappa shape index (κ3) is 72.3. The van der Waals surface area contributed by atoms with E-state index >= 15 is 0 Å². The number of rotatable bonds is 65. The second-order valence-electron chi connectivity index (χ2n) is 23.0. The van der Waals surface area contributed by atoms with Crippen LogP contribution >= 0.6 is 7.82 Å². The molecule has 0 aliphatic rings. The number of nitrogens with two attached hydrogens (primary N) is 1. The van der Waals surface area contributed by atoms with Crippen LogP contribution in [-0.2, 0) is 32.7 Å². The fourth-order valence-corrected chi connectivity index (χ4v) is 10.2. The van der Waals surface area contributed by atoms with Gasteiger partial charge in [0, 0.05) is 19.4 Å². The Morgan fingerprint density at radius 2 is 0.584 bits per heavy atom. The van der Waals surface area contributed by atoms with Crippen molar-refractivity contribution in [1.82, 2.24) is 0 Å². The van der Waals surface area contributed by atoms with Crippen LogP contribution in [0.3, 0.4) is 0 Å². The summed E-state index contributed by atoms with van der Waals surface area (Å²) in [5, 5.41) is 0. The molecule has 0 radical (unpaired) electrons. The topological polar surface area (TPSA) is 134 Å². The van der Waals surface area contributed by atoms with Crippen LogP contribution in [0, 0.1) is 0 Å². The Hall–Kier alpha value is -4.63. The predicted octanol–water partition coefficient (Wildman–Crippen LogP) is 23.7. The number of phosphoric ester groups is 1. The quantitative estimate of drug-likeness (QED) is 0.0264. The van der Waals surface area contributed by atoms with Crippen LogP contribution in [0.1, 0.15) is 284 Å². The van der Waals surface area contributed by atoms with E-state index in [2.05, 4.69) is 184 Å². The van der Waals surface area contributed by atoms with Gasteiger partial charge in [-0.05, 0) is 128 Å². The lowest BCUT2D eigenvalue weighted by Gasteiger charge is -2.19. The normalized spacial score (nSPS) is 14.0. The molecule has 10 heteroatoms.